The van der Waals surface area contributed by atoms with Crippen LogP contribution in [0.15, 0.2) is 24.3 Å². The van der Waals surface area contributed by atoms with Crippen molar-refractivity contribution in [1.29, 1.82) is 0 Å². The molecule has 0 saturated carbocycles. The number of nitrogens with zero attached hydrogens (tertiary/aromatic N) is 2. The number of ether oxygens (including phenoxy) is 1. The van der Waals surface area contributed by atoms with Gasteiger partial charge in [-0.05, 0) is 38.3 Å². The maximum atomic E-state index is 13.1. The van der Waals surface area contributed by atoms with Gasteiger partial charge in [-0.1, -0.05) is 37.3 Å². The third-order valence-electron chi connectivity index (χ3n) is 4.62. The number of fused-ring (bicyclic) bond motifs is 1. The molecule has 1 aliphatic rings. The number of thiazole rings is 1. The molecule has 0 fully saturated rings. The van der Waals surface area contributed by atoms with Gasteiger partial charge in [0.05, 0.1) is 23.4 Å². The fraction of sp³-hybridized carbons (Fsp3) is 0.381. The molecule has 0 bridgehead atoms. The highest BCUT2D eigenvalue weighted by Crippen LogP contribution is 2.29. The Morgan fingerprint density at radius 2 is 1.77 bits per heavy atom. The van der Waals surface area contributed by atoms with Crippen molar-refractivity contribution < 1.29 is 23.9 Å². The molecule has 1 atom stereocenters. The number of hydrogen-bond donors (Lipinski definition) is 1. The van der Waals surface area contributed by atoms with Gasteiger partial charge >= 0.3 is 5.97 Å². The van der Waals surface area contributed by atoms with Crippen molar-refractivity contribution in [2.45, 2.75) is 40.2 Å². The van der Waals surface area contributed by atoms with E-state index in [4.69, 9.17) is 4.74 Å². The number of rotatable bonds is 7. The molecule has 1 aromatic heterocycles. The van der Waals surface area contributed by atoms with Crippen molar-refractivity contribution in [3.05, 3.63) is 46.0 Å². The molecule has 158 valence electrons. The Bertz CT molecular complexity index is 979. The first-order valence-corrected chi connectivity index (χ1v) is 10.5. The molecule has 0 radical (unpaired) electrons. The van der Waals surface area contributed by atoms with Gasteiger partial charge in [-0.25, -0.2) is 9.78 Å². The van der Waals surface area contributed by atoms with Gasteiger partial charge in [0.2, 0.25) is 5.91 Å². The van der Waals surface area contributed by atoms with Crippen molar-refractivity contribution >= 4 is 40.2 Å². The zero-order valence-corrected chi connectivity index (χ0v) is 18.0. The van der Waals surface area contributed by atoms with Gasteiger partial charge in [0.15, 0.2) is 5.13 Å². The number of carbonyl (C=O) groups is 4. The van der Waals surface area contributed by atoms with E-state index < -0.39 is 29.7 Å². The van der Waals surface area contributed by atoms with E-state index in [1.165, 1.54) is 0 Å². The van der Waals surface area contributed by atoms with E-state index in [0.717, 1.165) is 16.2 Å². The molecule has 1 aromatic carbocycles. The molecule has 30 heavy (non-hydrogen) atoms. The molecule has 1 N–H and O–H groups in total. The zero-order chi connectivity index (χ0) is 22.0. The minimum Gasteiger partial charge on any atom is -0.462 e. The Morgan fingerprint density at radius 3 is 2.30 bits per heavy atom. The quantitative estimate of drug-likeness (QED) is 0.535. The lowest BCUT2D eigenvalue weighted by molar-refractivity contribution is -0.120. The topological polar surface area (TPSA) is 106 Å². The van der Waals surface area contributed by atoms with Crippen LogP contribution in [0.1, 0.15) is 63.3 Å². The first-order valence-electron chi connectivity index (χ1n) is 9.66. The van der Waals surface area contributed by atoms with Crippen LogP contribution in [0.25, 0.3) is 0 Å². The van der Waals surface area contributed by atoms with E-state index >= 15 is 0 Å². The van der Waals surface area contributed by atoms with Crippen LogP contribution in [0.3, 0.4) is 0 Å². The summed E-state index contributed by atoms with van der Waals surface area (Å²) < 4.78 is 4.99. The molecule has 9 heteroatoms. The number of amides is 3. The predicted molar refractivity (Wildman–Crippen MR) is 112 cm³/mol. The second-order valence-corrected chi connectivity index (χ2v) is 8.31. The molecule has 0 saturated heterocycles. The zero-order valence-electron chi connectivity index (χ0n) is 17.2. The van der Waals surface area contributed by atoms with Crippen molar-refractivity contribution in [2.24, 2.45) is 5.92 Å². The SMILES string of the molecule is CCOC(=O)c1sc(NC(=O)[C@H](CC(C)C)N2C(=O)c3ccccc3C2=O)nc1C. The first-order chi connectivity index (χ1) is 14.2. The van der Waals surface area contributed by atoms with Gasteiger partial charge < -0.3 is 10.1 Å². The number of imide groups is 1. The second kappa shape index (κ2) is 8.74. The second-order valence-electron chi connectivity index (χ2n) is 7.31. The molecular formula is C21H23N3O5S. The van der Waals surface area contributed by atoms with Gasteiger partial charge in [-0.3, -0.25) is 19.3 Å². The standard InChI is InChI=1S/C21H23N3O5S/c1-5-29-20(28)16-12(4)22-21(30-16)23-17(25)15(10-11(2)3)24-18(26)13-8-6-7-9-14(13)19(24)27/h6-9,11,15H,5,10H2,1-4H3,(H,22,23,25)/t15-/m0/s1. The fourth-order valence-electron chi connectivity index (χ4n) is 3.29. The van der Waals surface area contributed by atoms with E-state index in [2.05, 4.69) is 10.3 Å². The normalized spacial score (nSPS) is 14.1. The lowest BCUT2D eigenvalue weighted by atomic mass is 10.0. The Kier molecular flexibility index (Phi) is 6.31. The lowest BCUT2D eigenvalue weighted by Crippen LogP contribution is -2.47. The summed E-state index contributed by atoms with van der Waals surface area (Å²) in [6.45, 7) is 7.40. The summed E-state index contributed by atoms with van der Waals surface area (Å²) in [5.74, 6) is -1.95. The van der Waals surface area contributed by atoms with Crippen LogP contribution in [0.2, 0.25) is 0 Å². The fourth-order valence-corrected chi connectivity index (χ4v) is 4.15. The van der Waals surface area contributed by atoms with Gasteiger partial charge in [-0.15, -0.1) is 0 Å². The smallest absolute Gasteiger partial charge is 0.350 e. The first kappa shape index (κ1) is 21.6. The Balaban J connectivity index is 1.86. The van der Waals surface area contributed by atoms with Gasteiger partial charge in [0.1, 0.15) is 10.9 Å². The van der Waals surface area contributed by atoms with Gasteiger partial charge in [-0.2, -0.15) is 0 Å². The summed E-state index contributed by atoms with van der Waals surface area (Å²) in [4.78, 5) is 56.3. The molecule has 1 aliphatic heterocycles. The summed E-state index contributed by atoms with van der Waals surface area (Å²) in [6.07, 6.45) is 0.298. The highest BCUT2D eigenvalue weighted by atomic mass is 32.1. The van der Waals surface area contributed by atoms with E-state index in [-0.39, 0.29) is 17.7 Å². The number of aryl methyl sites for hydroxylation is 1. The van der Waals surface area contributed by atoms with Crippen LogP contribution in [-0.4, -0.2) is 46.2 Å². The largest absolute Gasteiger partial charge is 0.462 e. The molecule has 2 aromatic rings. The highest BCUT2D eigenvalue weighted by molar-refractivity contribution is 7.17. The monoisotopic (exact) mass is 429 g/mol. The van der Waals surface area contributed by atoms with E-state index in [9.17, 15) is 19.2 Å². The number of hydrogen-bond acceptors (Lipinski definition) is 7. The minimum atomic E-state index is -0.993. The van der Waals surface area contributed by atoms with Crippen LogP contribution in [0.4, 0.5) is 5.13 Å². The van der Waals surface area contributed by atoms with E-state index in [1.807, 2.05) is 13.8 Å². The van der Waals surface area contributed by atoms with Crippen LogP contribution in [-0.2, 0) is 9.53 Å². The predicted octanol–water partition coefficient (Wildman–Crippen LogP) is 3.28. The van der Waals surface area contributed by atoms with Crippen LogP contribution in [0.5, 0.6) is 0 Å². The molecule has 2 heterocycles. The summed E-state index contributed by atoms with van der Waals surface area (Å²) in [6, 6.07) is 5.53. The van der Waals surface area contributed by atoms with Gasteiger partial charge in [0.25, 0.3) is 11.8 Å². The molecule has 8 nitrogen and oxygen atoms in total. The van der Waals surface area contributed by atoms with Crippen LogP contribution >= 0.6 is 11.3 Å². The Hall–Kier alpha value is -3.07. The maximum Gasteiger partial charge on any atom is 0.350 e. The average molecular weight is 429 g/mol. The number of aromatic nitrogens is 1. The number of nitrogens with one attached hydrogen (secondary N) is 1. The van der Waals surface area contributed by atoms with E-state index in [1.54, 1.807) is 38.1 Å². The number of benzene rings is 1. The third-order valence-corrected chi connectivity index (χ3v) is 5.67. The number of esters is 1. The van der Waals surface area contributed by atoms with Crippen LogP contribution in [0, 0.1) is 12.8 Å². The molecule has 0 aliphatic carbocycles. The highest BCUT2D eigenvalue weighted by Gasteiger charge is 2.43. The molecule has 0 unspecified atom stereocenters. The Morgan fingerprint density at radius 1 is 1.17 bits per heavy atom. The minimum absolute atomic E-state index is 0.0539. The van der Waals surface area contributed by atoms with Crippen molar-refractivity contribution in [2.75, 3.05) is 11.9 Å². The van der Waals surface area contributed by atoms with Crippen molar-refractivity contribution in [3.63, 3.8) is 0 Å². The average Bonchev–Trinajstić information content (AvgIpc) is 3.18. The Labute approximate surface area is 178 Å². The van der Waals surface area contributed by atoms with Crippen molar-refractivity contribution in [1.82, 2.24) is 9.88 Å². The van der Waals surface area contributed by atoms with Gasteiger partial charge in [0, 0.05) is 0 Å². The molecule has 0 spiro atoms. The summed E-state index contributed by atoms with van der Waals surface area (Å²) in [5.41, 5.74) is 1.02. The molecule has 3 rings (SSSR count). The number of carbonyl (C=O) groups excluding carboxylic acids is 4. The molecule has 3 amide bonds. The maximum absolute atomic E-state index is 13.1. The summed E-state index contributed by atoms with van der Waals surface area (Å²) >= 11 is 0.998. The van der Waals surface area contributed by atoms with Crippen molar-refractivity contribution in [3.8, 4) is 0 Å². The van der Waals surface area contributed by atoms with Crippen LogP contribution < -0.4 is 5.32 Å². The lowest BCUT2D eigenvalue weighted by Gasteiger charge is -2.26. The number of anilines is 1. The van der Waals surface area contributed by atoms with E-state index in [0.29, 0.717) is 28.1 Å². The molecular weight excluding hydrogens is 406 g/mol. The summed E-state index contributed by atoms with van der Waals surface area (Å²) in [5, 5.41) is 2.88. The third kappa shape index (κ3) is 4.11. The summed E-state index contributed by atoms with van der Waals surface area (Å²) in [7, 11) is 0.